The first-order valence-electron chi connectivity index (χ1n) is 9.93. The van der Waals surface area contributed by atoms with Crippen LogP contribution in [0.5, 0.6) is 17.2 Å². The molecule has 0 saturated carbocycles. The number of nitrogens with one attached hydrogen (secondary N) is 2. The Kier molecular flexibility index (Phi) is 8.89. The molecule has 176 valence electrons. The lowest BCUT2D eigenvalue weighted by Gasteiger charge is -2.14. The van der Waals surface area contributed by atoms with Gasteiger partial charge in [-0.2, -0.15) is 5.10 Å². The summed E-state index contributed by atoms with van der Waals surface area (Å²) < 4.78 is 17.0. The van der Waals surface area contributed by atoms with Crippen LogP contribution in [-0.4, -0.2) is 38.9 Å². The van der Waals surface area contributed by atoms with E-state index in [0.717, 1.165) is 4.47 Å². The van der Waals surface area contributed by atoms with Crippen molar-refractivity contribution in [2.24, 2.45) is 5.10 Å². The summed E-state index contributed by atoms with van der Waals surface area (Å²) in [5.74, 6) is 0.280. The second kappa shape index (κ2) is 12.1. The number of nitrogens with zero attached hydrogens (tertiary/aromatic N) is 1. The van der Waals surface area contributed by atoms with E-state index in [2.05, 4.69) is 31.8 Å². The van der Waals surface area contributed by atoms with E-state index in [1.165, 1.54) is 20.4 Å². The number of ether oxygens (including phenoxy) is 3. The van der Waals surface area contributed by atoms with Crippen LogP contribution in [0.1, 0.15) is 15.9 Å². The third-order valence-electron chi connectivity index (χ3n) is 4.47. The molecule has 3 aromatic rings. The van der Waals surface area contributed by atoms with Crippen molar-refractivity contribution in [2.75, 3.05) is 26.1 Å². The lowest BCUT2D eigenvalue weighted by molar-refractivity contribution is -0.118. The van der Waals surface area contributed by atoms with Crippen molar-refractivity contribution in [3.05, 3.63) is 81.3 Å². The Morgan fingerprint density at radius 3 is 2.44 bits per heavy atom. The summed E-state index contributed by atoms with van der Waals surface area (Å²) in [4.78, 5) is 24.5. The van der Waals surface area contributed by atoms with Crippen molar-refractivity contribution in [3.8, 4) is 17.2 Å². The molecule has 8 nitrogen and oxygen atoms in total. The van der Waals surface area contributed by atoms with Crippen molar-refractivity contribution < 1.29 is 23.8 Å². The molecular weight excluding hydrogens is 526 g/mol. The van der Waals surface area contributed by atoms with Crippen LogP contribution in [0.25, 0.3) is 0 Å². The molecule has 0 saturated heterocycles. The Balaban J connectivity index is 1.63. The third kappa shape index (κ3) is 6.72. The Bertz CT molecular complexity index is 1200. The van der Waals surface area contributed by atoms with Crippen molar-refractivity contribution in [1.29, 1.82) is 0 Å². The van der Waals surface area contributed by atoms with Gasteiger partial charge in [0.1, 0.15) is 5.75 Å². The average Bonchev–Trinajstić information content (AvgIpc) is 2.83. The molecule has 0 fully saturated rings. The van der Waals surface area contributed by atoms with Crippen molar-refractivity contribution in [2.45, 2.75) is 0 Å². The van der Waals surface area contributed by atoms with Crippen LogP contribution in [0, 0.1) is 0 Å². The Morgan fingerprint density at radius 1 is 1.03 bits per heavy atom. The molecule has 0 bridgehead atoms. The van der Waals surface area contributed by atoms with Gasteiger partial charge in [-0.25, -0.2) is 5.43 Å². The topological polar surface area (TPSA) is 98.3 Å². The number of halogens is 2. The minimum Gasteiger partial charge on any atom is -0.495 e. The minimum absolute atomic E-state index is 0.204. The number of methoxy groups -OCH3 is 2. The van der Waals surface area contributed by atoms with E-state index in [9.17, 15) is 9.59 Å². The molecule has 34 heavy (non-hydrogen) atoms. The van der Waals surface area contributed by atoms with E-state index >= 15 is 0 Å². The van der Waals surface area contributed by atoms with Crippen LogP contribution in [0.15, 0.2) is 70.2 Å². The SMILES string of the molecule is COc1ccccc1NC(=O)COc1c(Cl)cc(/C=N/NC(=O)c2ccc(Br)cc2)cc1OC. The molecule has 3 aromatic carbocycles. The van der Waals surface area contributed by atoms with Crippen LogP contribution in [0.2, 0.25) is 5.02 Å². The third-order valence-corrected chi connectivity index (χ3v) is 5.28. The minimum atomic E-state index is -0.399. The van der Waals surface area contributed by atoms with Gasteiger partial charge in [-0.1, -0.05) is 39.7 Å². The van der Waals surface area contributed by atoms with Gasteiger partial charge < -0.3 is 19.5 Å². The summed E-state index contributed by atoms with van der Waals surface area (Å²) in [6, 6.07) is 17.1. The average molecular weight is 547 g/mol. The van der Waals surface area contributed by atoms with E-state index < -0.39 is 5.91 Å². The highest BCUT2D eigenvalue weighted by atomic mass is 79.9. The second-order valence-electron chi connectivity index (χ2n) is 6.78. The summed E-state index contributed by atoms with van der Waals surface area (Å²) in [6.45, 7) is -0.301. The number of carbonyl (C=O) groups is 2. The van der Waals surface area contributed by atoms with E-state index in [4.69, 9.17) is 25.8 Å². The van der Waals surface area contributed by atoms with Gasteiger partial charge in [0.05, 0.1) is 31.1 Å². The molecule has 2 N–H and O–H groups in total. The first-order valence-corrected chi connectivity index (χ1v) is 11.1. The van der Waals surface area contributed by atoms with Gasteiger partial charge in [0.25, 0.3) is 11.8 Å². The van der Waals surface area contributed by atoms with Crippen molar-refractivity contribution in [3.63, 3.8) is 0 Å². The van der Waals surface area contributed by atoms with Gasteiger partial charge in [-0.15, -0.1) is 0 Å². The fourth-order valence-corrected chi connectivity index (χ4v) is 3.40. The van der Waals surface area contributed by atoms with E-state index in [-0.39, 0.29) is 23.3 Å². The molecule has 0 unspecified atom stereocenters. The number of carbonyl (C=O) groups excluding carboxylic acids is 2. The molecule has 0 aliphatic carbocycles. The molecule has 0 radical (unpaired) electrons. The molecule has 10 heteroatoms. The largest absolute Gasteiger partial charge is 0.495 e. The molecule has 0 atom stereocenters. The fourth-order valence-electron chi connectivity index (χ4n) is 2.86. The first-order chi connectivity index (χ1) is 16.4. The standard InChI is InChI=1S/C24H21BrClN3O5/c1-32-20-6-4-3-5-19(20)28-22(30)14-34-23-18(26)11-15(12-21(23)33-2)13-27-29-24(31)16-7-9-17(25)10-8-16/h3-13H,14H2,1-2H3,(H,28,30)(H,29,31)/b27-13+. The number of benzene rings is 3. The number of hydrogen-bond donors (Lipinski definition) is 2. The molecule has 3 rings (SSSR count). The maximum absolute atomic E-state index is 12.3. The zero-order chi connectivity index (χ0) is 24.5. The lowest BCUT2D eigenvalue weighted by Crippen LogP contribution is -2.20. The van der Waals surface area contributed by atoms with Gasteiger partial charge in [-0.3, -0.25) is 9.59 Å². The molecule has 0 aromatic heterocycles. The number of rotatable bonds is 9. The molecule has 0 aliphatic rings. The number of hydrogen-bond acceptors (Lipinski definition) is 6. The smallest absolute Gasteiger partial charge is 0.271 e. The summed E-state index contributed by atoms with van der Waals surface area (Å²) in [5, 5.41) is 6.89. The Labute approximate surface area is 210 Å². The highest BCUT2D eigenvalue weighted by Gasteiger charge is 2.15. The van der Waals surface area contributed by atoms with Crippen molar-refractivity contribution in [1.82, 2.24) is 5.43 Å². The number of hydrazone groups is 1. The van der Waals surface area contributed by atoms with Crippen LogP contribution in [0.3, 0.4) is 0 Å². The van der Waals surface area contributed by atoms with Crippen molar-refractivity contribution >= 4 is 51.2 Å². The number of para-hydroxylation sites is 2. The highest BCUT2D eigenvalue weighted by Crippen LogP contribution is 2.36. The van der Waals surface area contributed by atoms with E-state index in [1.54, 1.807) is 60.7 Å². The van der Waals surface area contributed by atoms with Crippen LogP contribution in [0.4, 0.5) is 5.69 Å². The van der Waals surface area contributed by atoms with E-state index in [0.29, 0.717) is 28.3 Å². The predicted octanol–water partition coefficient (Wildman–Crippen LogP) is 4.90. The second-order valence-corrected chi connectivity index (χ2v) is 8.10. The van der Waals surface area contributed by atoms with E-state index in [1.807, 2.05) is 0 Å². The van der Waals surface area contributed by atoms with Crippen LogP contribution in [-0.2, 0) is 4.79 Å². The normalized spacial score (nSPS) is 10.6. The van der Waals surface area contributed by atoms with Crippen LogP contribution >= 0.6 is 27.5 Å². The van der Waals surface area contributed by atoms with Gasteiger partial charge in [0, 0.05) is 10.0 Å². The van der Waals surface area contributed by atoms with Crippen LogP contribution < -0.4 is 25.0 Å². The Hall–Kier alpha value is -3.56. The molecular formula is C24H21BrClN3O5. The lowest BCUT2D eigenvalue weighted by atomic mass is 10.2. The van der Waals surface area contributed by atoms with Gasteiger partial charge >= 0.3 is 0 Å². The summed E-state index contributed by atoms with van der Waals surface area (Å²) in [7, 11) is 2.97. The molecule has 0 aliphatic heterocycles. The number of anilines is 1. The summed E-state index contributed by atoms with van der Waals surface area (Å²) >= 11 is 9.67. The van der Waals surface area contributed by atoms with Gasteiger partial charge in [-0.05, 0) is 54.1 Å². The van der Waals surface area contributed by atoms with Gasteiger partial charge in [0.15, 0.2) is 18.1 Å². The quantitative estimate of drug-likeness (QED) is 0.294. The summed E-state index contributed by atoms with van der Waals surface area (Å²) in [5.41, 5.74) is 3.99. The first kappa shape index (κ1) is 25.1. The zero-order valence-electron chi connectivity index (χ0n) is 18.3. The number of amides is 2. The molecule has 0 spiro atoms. The fraction of sp³-hybridized carbons (Fsp3) is 0.125. The maximum Gasteiger partial charge on any atom is 0.271 e. The molecule has 2 amide bonds. The zero-order valence-corrected chi connectivity index (χ0v) is 20.6. The summed E-state index contributed by atoms with van der Waals surface area (Å²) in [6.07, 6.45) is 1.42. The van der Waals surface area contributed by atoms with Gasteiger partial charge in [0.2, 0.25) is 0 Å². The highest BCUT2D eigenvalue weighted by molar-refractivity contribution is 9.10. The Morgan fingerprint density at radius 2 is 1.74 bits per heavy atom. The maximum atomic E-state index is 12.3. The predicted molar refractivity (Wildman–Crippen MR) is 134 cm³/mol. The monoisotopic (exact) mass is 545 g/mol. The molecule has 0 heterocycles.